The van der Waals surface area contributed by atoms with Gasteiger partial charge >= 0.3 is 0 Å². The first-order valence-corrected chi connectivity index (χ1v) is 8.29. The maximum atomic E-state index is 4.71. The molecule has 0 amide bonds. The van der Waals surface area contributed by atoms with Crippen LogP contribution in [0.15, 0.2) is 30.3 Å². The average Bonchev–Trinajstić information content (AvgIpc) is 2.59. The minimum Gasteiger partial charge on any atom is -0.370 e. The lowest BCUT2D eigenvalue weighted by Gasteiger charge is -2.22. The third kappa shape index (κ3) is 3.99. The quantitative estimate of drug-likeness (QED) is 0.801. The first kappa shape index (κ1) is 15.7. The Bertz CT molecular complexity index is 639. The largest absolute Gasteiger partial charge is 0.370 e. The maximum Gasteiger partial charge on any atom is 0.227 e. The molecular weight excluding hydrogens is 286 g/mol. The Balaban J connectivity index is 1.65. The van der Waals surface area contributed by atoms with Crippen molar-refractivity contribution in [3.63, 3.8) is 0 Å². The second-order valence-corrected chi connectivity index (χ2v) is 6.13. The number of fused-ring (bicyclic) bond motifs is 1. The van der Waals surface area contributed by atoms with Gasteiger partial charge in [0.05, 0.1) is 5.69 Å². The summed E-state index contributed by atoms with van der Waals surface area (Å²) in [5.41, 5.74) is 3.78. The zero-order chi connectivity index (χ0) is 16.1. The number of nitrogens with one attached hydrogen (secondary N) is 2. The topological polar surface area (TPSA) is 53.1 Å². The molecule has 1 aliphatic heterocycles. The normalized spacial score (nSPS) is 13.5. The van der Waals surface area contributed by atoms with E-state index in [9.17, 15) is 0 Å². The number of anilines is 2. The van der Waals surface area contributed by atoms with E-state index in [1.54, 1.807) is 0 Å². The average molecular weight is 311 g/mol. The highest BCUT2D eigenvalue weighted by molar-refractivity contribution is 5.52. The molecule has 122 valence electrons. The van der Waals surface area contributed by atoms with Crippen LogP contribution in [0.2, 0.25) is 0 Å². The molecule has 2 aromatic rings. The Morgan fingerprint density at radius 2 is 2.00 bits per heavy atom. The van der Waals surface area contributed by atoms with Crippen molar-refractivity contribution in [1.82, 2.24) is 15.3 Å². The van der Waals surface area contributed by atoms with E-state index >= 15 is 0 Å². The van der Waals surface area contributed by atoms with Crippen LogP contribution in [0.1, 0.15) is 23.2 Å². The van der Waals surface area contributed by atoms with Crippen LogP contribution in [0.25, 0.3) is 0 Å². The number of benzene rings is 1. The van der Waals surface area contributed by atoms with Crippen molar-refractivity contribution in [2.24, 2.45) is 0 Å². The lowest BCUT2D eigenvalue weighted by atomic mass is 10.1. The molecule has 5 heteroatoms. The van der Waals surface area contributed by atoms with Gasteiger partial charge in [0.25, 0.3) is 0 Å². The predicted molar refractivity (Wildman–Crippen MR) is 95.0 cm³/mol. The van der Waals surface area contributed by atoms with Gasteiger partial charge in [-0.05, 0) is 31.4 Å². The van der Waals surface area contributed by atoms with Crippen LogP contribution in [-0.2, 0) is 19.4 Å². The molecule has 0 unspecified atom stereocenters. The lowest BCUT2D eigenvalue weighted by molar-refractivity contribution is 0.623. The molecule has 0 saturated heterocycles. The molecule has 0 fully saturated rings. The van der Waals surface area contributed by atoms with Crippen LogP contribution >= 0.6 is 0 Å². The molecular formula is C18H25N5. The van der Waals surface area contributed by atoms with Crippen molar-refractivity contribution in [1.29, 1.82) is 0 Å². The molecule has 5 nitrogen and oxygen atoms in total. The number of rotatable bonds is 6. The molecule has 1 aromatic heterocycles. The minimum absolute atomic E-state index is 0.776. The fraction of sp³-hybridized carbons (Fsp3) is 0.444. The molecule has 0 aliphatic carbocycles. The van der Waals surface area contributed by atoms with Gasteiger partial charge in [0, 0.05) is 32.7 Å². The second-order valence-electron chi connectivity index (χ2n) is 6.13. The van der Waals surface area contributed by atoms with E-state index in [4.69, 9.17) is 4.98 Å². The number of aromatic nitrogens is 2. The molecule has 0 bridgehead atoms. The van der Waals surface area contributed by atoms with Gasteiger partial charge in [0.1, 0.15) is 5.82 Å². The minimum atomic E-state index is 0.776. The van der Waals surface area contributed by atoms with E-state index < -0.39 is 0 Å². The van der Waals surface area contributed by atoms with Crippen molar-refractivity contribution in [3.8, 4) is 0 Å². The highest BCUT2D eigenvalue weighted by atomic mass is 15.2. The molecule has 1 aliphatic rings. The molecule has 2 N–H and O–H groups in total. The number of hydrogen-bond acceptors (Lipinski definition) is 5. The third-order valence-electron chi connectivity index (χ3n) is 4.10. The van der Waals surface area contributed by atoms with Crippen molar-refractivity contribution in [2.45, 2.75) is 25.8 Å². The van der Waals surface area contributed by atoms with Gasteiger partial charge in [-0.2, -0.15) is 4.98 Å². The van der Waals surface area contributed by atoms with E-state index in [0.717, 1.165) is 56.4 Å². The van der Waals surface area contributed by atoms with Gasteiger partial charge < -0.3 is 15.5 Å². The Kier molecular flexibility index (Phi) is 5.08. The number of nitrogens with zero attached hydrogens (tertiary/aromatic N) is 3. The zero-order valence-corrected chi connectivity index (χ0v) is 14.0. The Hall–Kier alpha value is -2.14. The summed E-state index contributed by atoms with van der Waals surface area (Å²) in [7, 11) is 3.97. The summed E-state index contributed by atoms with van der Waals surface area (Å²) in [5.74, 6) is 1.78. The van der Waals surface area contributed by atoms with Crippen molar-refractivity contribution in [2.75, 3.05) is 37.4 Å². The highest BCUT2D eigenvalue weighted by Gasteiger charge is 2.17. The van der Waals surface area contributed by atoms with Crippen LogP contribution in [0.4, 0.5) is 11.8 Å². The van der Waals surface area contributed by atoms with E-state index in [2.05, 4.69) is 45.9 Å². The standard InChI is InChI=1S/C18H25N5/c1-23(2)18-21-16-13-19-12-10-15(16)17(22-18)20-11-6-9-14-7-4-3-5-8-14/h3-5,7-8,19H,6,9-13H2,1-2H3,(H,20,21,22). The van der Waals surface area contributed by atoms with Gasteiger partial charge in [-0.25, -0.2) is 4.98 Å². The van der Waals surface area contributed by atoms with E-state index in [0.29, 0.717) is 0 Å². The summed E-state index contributed by atoms with van der Waals surface area (Å²) in [5, 5.41) is 6.92. The van der Waals surface area contributed by atoms with Crippen molar-refractivity contribution < 1.29 is 0 Å². The molecule has 0 saturated carbocycles. The number of hydrogen-bond donors (Lipinski definition) is 2. The van der Waals surface area contributed by atoms with Crippen LogP contribution in [0, 0.1) is 0 Å². The number of aryl methyl sites for hydroxylation is 1. The summed E-state index contributed by atoms with van der Waals surface area (Å²) in [6.45, 7) is 2.76. The van der Waals surface area contributed by atoms with Gasteiger partial charge in [-0.3, -0.25) is 0 Å². The molecule has 23 heavy (non-hydrogen) atoms. The summed E-state index contributed by atoms with van der Waals surface area (Å²) in [6, 6.07) is 10.6. The smallest absolute Gasteiger partial charge is 0.227 e. The Labute approximate surface area is 138 Å². The fourth-order valence-electron chi connectivity index (χ4n) is 2.84. The van der Waals surface area contributed by atoms with Crippen LogP contribution in [-0.4, -0.2) is 37.2 Å². The second kappa shape index (κ2) is 7.42. The fourth-order valence-corrected chi connectivity index (χ4v) is 2.84. The first-order valence-electron chi connectivity index (χ1n) is 8.29. The molecule has 1 aromatic carbocycles. The Morgan fingerprint density at radius 1 is 1.17 bits per heavy atom. The van der Waals surface area contributed by atoms with Crippen molar-refractivity contribution >= 4 is 11.8 Å². The van der Waals surface area contributed by atoms with Crippen molar-refractivity contribution in [3.05, 3.63) is 47.2 Å². The SMILES string of the molecule is CN(C)c1nc2c(c(NCCCc3ccccc3)n1)CCNC2. The van der Waals surface area contributed by atoms with Gasteiger partial charge in [-0.15, -0.1) is 0 Å². The van der Waals surface area contributed by atoms with Crippen LogP contribution in [0.5, 0.6) is 0 Å². The van der Waals surface area contributed by atoms with E-state index in [1.807, 2.05) is 19.0 Å². The summed E-state index contributed by atoms with van der Waals surface area (Å²) in [6.07, 6.45) is 3.17. The summed E-state index contributed by atoms with van der Waals surface area (Å²) < 4.78 is 0. The molecule has 0 radical (unpaired) electrons. The molecule has 0 spiro atoms. The van der Waals surface area contributed by atoms with E-state index in [1.165, 1.54) is 11.1 Å². The third-order valence-corrected chi connectivity index (χ3v) is 4.10. The molecule has 2 heterocycles. The van der Waals surface area contributed by atoms with Gasteiger partial charge in [-0.1, -0.05) is 30.3 Å². The monoisotopic (exact) mass is 311 g/mol. The van der Waals surface area contributed by atoms with Gasteiger partial charge in [0.2, 0.25) is 5.95 Å². The van der Waals surface area contributed by atoms with E-state index in [-0.39, 0.29) is 0 Å². The Morgan fingerprint density at radius 3 is 2.78 bits per heavy atom. The lowest BCUT2D eigenvalue weighted by Crippen LogP contribution is -2.28. The van der Waals surface area contributed by atoms with Crippen LogP contribution in [0.3, 0.4) is 0 Å². The highest BCUT2D eigenvalue weighted by Crippen LogP contribution is 2.22. The predicted octanol–water partition coefficient (Wildman–Crippen LogP) is 2.23. The first-order chi connectivity index (χ1) is 11.2. The summed E-state index contributed by atoms with van der Waals surface area (Å²) in [4.78, 5) is 11.3. The van der Waals surface area contributed by atoms with Gasteiger partial charge in [0.15, 0.2) is 0 Å². The maximum absolute atomic E-state index is 4.71. The molecule has 3 rings (SSSR count). The zero-order valence-electron chi connectivity index (χ0n) is 14.0. The molecule has 0 atom stereocenters. The summed E-state index contributed by atoms with van der Waals surface area (Å²) >= 11 is 0. The van der Waals surface area contributed by atoms with Crippen LogP contribution < -0.4 is 15.5 Å².